The van der Waals surface area contributed by atoms with E-state index in [0.717, 1.165) is 0 Å². The quantitative estimate of drug-likeness (QED) is 0.779. The molecule has 0 aromatic heterocycles. The van der Waals surface area contributed by atoms with E-state index in [1.54, 1.807) is 18.2 Å². The molecule has 1 aliphatic rings. The number of carbonyl (C=O) groups is 2. The SMILES string of the molecule is O=C1CC(=O)NC(c2cc(Cl)cc(Cl)c2)=N1. The van der Waals surface area contributed by atoms with Crippen LogP contribution in [0.3, 0.4) is 0 Å². The molecule has 16 heavy (non-hydrogen) atoms. The van der Waals surface area contributed by atoms with Crippen LogP contribution in [0.5, 0.6) is 0 Å². The van der Waals surface area contributed by atoms with E-state index < -0.39 is 5.91 Å². The van der Waals surface area contributed by atoms with Crippen LogP contribution < -0.4 is 5.32 Å². The van der Waals surface area contributed by atoms with Crippen molar-refractivity contribution in [3.8, 4) is 0 Å². The summed E-state index contributed by atoms with van der Waals surface area (Å²) >= 11 is 11.6. The highest BCUT2D eigenvalue weighted by atomic mass is 35.5. The highest BCUT2D eigenvalue weighted by Crippen LogP contribution is 2.19. The van der Waals surface area contributed by atoms with Crippen molar-refractivity contribution in [1.29, 1.82) is 0 Å². The van der Waals surface area contributed by atoms with Gasteiger partial charge < -0.3 is 5.32 Å². The number of nitrogens with one attached hydrogen (secondary N) is 1. The Labute approximate surface area is 101 Å². The lowest BCUT2D eigenvalue weighted by atomic mass is 10.2. The fraction of sp³-hybridized carbons (Fsp3) is 0.100. The van der Waals surface area contributed by atoms with Gasteiger partial charge in [0, 0.05) is 15.6 Å². The smallest absolute Gasteiger partial charge is 0.257 e. The van der Waals surface area contributed by atoms with Crippen LogP contribution >= 0.6 is 23.2 Å². The van der Waals surface area contributed by atoms with E-state index in [4.69, 9.17) is 23.2 Å². The van der Waals surface area contributed by atoms with Gasteiger partial charge in [-0.2, -0.15) is 4.99 Å². The van der Waals surface area contributed by atoms with Crippen LogP contribution in [-0.4, -0.2) is 17.6 Å². The van der Waals surface area contributed by atoms with Crippen LogP contribution in [0.2, 0.25) is 10.0 Å². The lowest BCUT2D eigenvalue weighted by Gasteiger charge is -2.12. The van der Waals surface area contributed by atoms with Crippen molar-refractivity contribution in [3.63, 3.8) is 0 Å². The number of hydrogen-bond acceptors (Lipinski definition) is 2. The number of carbonyl (C=O) groups excluding carboxylic acids is 2. The van der Waals surface area contributed by atoms with Gasteiger partial charge in [0.2, 0.25) is 5.91 Å². The first kappa shape index (κ1) is 11.1. The Bertz CT molecular complexity index is 491. The first-order chi connectivity index (χ1) is 7.54. The molecule has 0 atom stereocenters. The standard InChI is InChI=1S/C10H6Cl2N2O2/c11-6-1-5(2-7(12)3-6)10-13-8(15)4-9(16)14-10/h1-3H,4H2,(H,13,14,15,16). The van der Waals surface area contributed by atoms with Gasteiger partial charge in [-0.25, -0.2) is 0 Å². The van der Waals surface area contributed by atoms with E-state index in [9.17, 15) is 9.59 Å². The van der Waals surface area contributed by atoms with E-state index in [2.05, 4.69) is 10.3 Å². The summed E-state index contributed by atoms with van der Waals surface area (Å²) in [4.78, 5) is 26.0. The van der Waals surface area contributed by atoms with Gasteiger partial charge in [0.15, 0.2) is 0 Å². The molecule has 1 aromatic carbocycles. The molecule has 1 aliphatic heterocycles. The van der Waals surface area contributed by atoms with Crippen molar-refractivity contribution in [2.45, 2.75) is 6.42 Å². The van der Waals surface area contributed by atoms with Crippen molar-refractivity contribution in [1.82, 2.24) is 5.32 Å². The lowest BCUT2D eigenvalue weighted by Crippen LogP contribution is -2.37. The Balaban J connectivity index is 2.44. The van der Waals surface area contributed by atoms with Crippen LogP contribution in [0, 0.1) is 0 Å². The summed E-state index contributed by atoms with van der Waals surface area (Å²) in [5.74, 6) is -0.674. The van der Waals surface area contributed by atoms with Crippen LogP contribution in [0.4, 0.5) is 0 Å². The van der Waals surface area contributed by atoms with Crippen molar-refractivity contribution < 1.29 is 9.59 Å². The molecule has 1 heterocycles. The summed E-state index contributed by atoms with van der Waals surface area (Å²) < 4.78 is 0. The maximum absolute atomic E-state index is 11.1. The summed E-state index contributed by atoms with van der Waals surface area (Å²) in [7, 11) is 0. The van der Waals surface area contributed by atoms with Crippen LogP contribution in [0.1, 0.15) is 12.0 Å². The van der Waals surface area contributed by atoms with Crippen molar-refractivity contribution in [2.24, 2.45) is 4.99 Å². The number of rotatable bonds is 1. The predicted octanol–water partition coefficient (Wildman–Crippen LogP) is 1.79. The van der Waals surface area contributed by atoms with Crippen LogP contribution in [0.15, 0.2) is 23.2 Å². The highest BCUT2D eigenvalue weighted by molar-refractivity contribution is 6.35. The van der Waals surface area contributed by atoms with Crippen LogP contribution in [-0.2, 0) is 9.59 Å². The molecule has 4 nitrogen and oxygen atoms in total. The normalized spacial score (nSPS) is 15.8. The van der Waals surface area contributed by atoms with Gasteiger partial charge in [-0.3, -0.25) is 9.59 Å². The van der Waals surface area contributed by atoms with E-state index in [0.29, 0.717) is 15.6 Å². The molecule has 6 heteroatoms. The van der Waals surface area contributed by atoms with Gasteiger partial charge in [-0.05, 0) is 18.2 Å². The number of aliphatic imine (C=N–C) groups is 1. The van der Waals surface area contributed by atoms with Gasteiger partial charge >= 0.3 is 0 Å². The summed E-state index contributed by atoms with van der Waals surface area (Å²) in [5.41, 5.74) is 0.513. The summed E-state index contributed by atoms with van der Waals surface area (Å²) in [6, 6.07) is 4.70. The Morgan fingerprint density at radius 3 is 2.31 bits per heavy atom. The zero-order chi connectivity index (χ0) is 11.7. The summed E-state index contributed by atoms with van der Waals surface area (Å²) in [5, 5.41) is 3.32. The Hall–Kier alpha value is -1.39. The average molecular weight is 257 g/mol. The maximum Gasteiger partial charge on any atom is 0.257 e. The molecule has 2 rings (SSSR count). The number of amides is 2. The minimum Gasteiger partial charge on any atom is -0.310 e. The number of halogens is 2. The maximum atomic E-state index is 11.1. The molecule has 1 N–H and O–H groups in total. The molecule has 0 fully saturated rings. The van der Waals surface area contributed by atoms with E-state index in [1.807, 2.05) is 0 Å². The fourth-order valence-corrected chi connectivity index (χ4v) is 1.86. The molecule has 82 valence electrons. The summed E-state index contributed by atoms with van der Waals surface area (Å²) in [6.45, 7) is 0. The van der Waals surface area contributed by atoms with Gasteiger partial charge in [0.1, 0.15) is 12.3 Å². The first-order valence-electron chi connectivity index (χ1n) is 4.42. The van der Waals surface area contributed by atoms with E-state index >= 15 is 0 Å². The van der Waals surface area contributed by atoms with Crippen molar-refractivity contribution in [2.75, 3.05) is 0 Å². The lowest BCUT2D eigenvalue weighted by molar-refractivity contribution is -0.127. The minimum atomic E-state index is -0.477. The van der Waals surface area contributed by atoms with Gasteiger partial charge in [0.25, 0.3) is 5.91 Å². The molecule has 2 amide bonds. The number of benzene rings is 1. The molecule has 0 unspecified atom stereocenters. The van der Waals surface area contributed by atoms with Crippen molar-refractivity contribution in [3.05, 3.63) is 33.8 Å². The third-order valence-corrected chi connectivity index (χ3v) is 2.38. The molecule has 0 saturated carbocycles. The Kier molecular flexibility index (Phi) is 2.94. The van der Waals surface area contributed by atoms with E-state index in [-0.39, 0.29) is 18.2 Å². The number of hydrogen-bond donors (Lipinski definition) is 1. The second-order valence-corrected chi connectivity index (χ2v) is 4.11. The monoisotopic (exact) mass is 256 g/mol. The molecule has 0 radical (unpaired) electrons. The third kappa shape index (κ3) is 2.40. The molecule has 1 aromatic rings. The largest absolute Gasteiger partial charge is 0.310 e. The van der Waals surface area contributed by atoms with Crippen LogP contribution in [0.25, 0.3) is 0 Å². The van der Waals surface area contributed by atoms with Crippen molar-refractivity contribution >= 4 is 40.9 Å². The molecular weight excluding hydrogens is 251 g/mol. The molecule has 0 bridgehead atoms. The minimum absolute atomic E-state index is 0.186. The second-order valence-electron chi connectivity index (χ2n) is 3.24. The molecule has 0 saturated heterocycles. The zero-order valence-corrected chi connectivity index (χ0v) is 9.47. The predicted molar refractivity (Wildman–Crippen MR) is 60.8 cm³/mol. The average Bonchev–Trinajstić information content (AvgIpc) is 2.14. The van der Waals surface area contributed by atoms with Gasteiger partial charge in [-0.1, -0.05) is 23.2 Å². The molecule has 0 spiro atoms. The zero-order valence-electron chi connectivity index (χ0n) is 7.96. The number of nitrogens with zero attached hydrogens (tertiary/aromatic N) is 1. The second kappa shape index (κ2) is 4.23. The molecule has 0 aliphatic carbocycles. The van der Waals surface area contributed by atoms with Gasteiger partial charge in [0.05, 0.1) is 0 Å². The van der Waals surface area contributed by atoms with E-state index in [1.165, 1.54) is 0 Å². The Morgan fingerprint density at radius 2 is 1.75 bits per heavy atom. The summed E-state index contributed by atoms with van der Waals surface area (Å²) in [6.07, 6.45) is -0.224. The molecular formula is C10H6Cl2N2O2. The number of amidine groups is 1. The first-order valence-corrected chi connectivity index (χ1v) is 5.18. The highest BCUT2D eigenvalue weighted by Gasteiger charge is 2.19. The van der Waals surface area contributed by atoms with Gasteiger partial charge in [-0.15, -0.1) is 0 Å². The topological polar surface area (TPSA) is 58.5 Å². The fourth-order valence-electron chi connectivity index (χ4n) is 1.33. The Morgan fingerprint density at radius 1 is 1.12 bits per heavy atom. The third-order valence-electron chi connectivity index (χ3n) is 1.94.